The molecule has 0 saturated carbocycles. The number of carbonyl (C=O) groups excluding carboxylic acids is 1. The smallest absolute Gasteiger partial charge is 0.252 e. The van der Waals surface area contributed by atoms with Crippen molar-refractivity contribution in [2.75, 3.05) is 14.2 Å². The average Bonchev–Trinajstić information content (AvgIpc) is 3.25. The lowest BCUT2D eigenvalue weighted by molar-refractivity contribution is 0.0939. The highest BCUT2D eigenvalue weighted by atomic mass is 32.2. The second-order valence-electron chi connectivity index (χ2n) is 7.31. The molecule has 6 nitrogen and oxygen atoms in total. The summed E-state index contributed by atoms with van der Waals surface area (Å²) in [6.07, 6.45) is 0. The summed E-state index contributed by atoms with van der Waals surface area (Å²) in [4.78, 5) is 21.0. The third kappa shape index (κ3) is 4.73. The second kappa shape index (κ2) is 9.78. The quantitative estimate of drug-likeness (QED) is 0.356. The van der Waals surface area contributed by atoms with Gasteiger partial charge in [0.15, 0.2) is 5.16 Å². The molecule has 1 aromatic heterocycles. The summed E-state index contributed by atoms with van der Waals surface area (Å²) in [6, 6.07) is 20.9. The number of amides is 1. The number of para-hydroxylation sites is 2. The Kier molecular flexibility index (Phi) is 6.66. The lowest BCUT2D eigenvalue weighted by Gasteiger charge is -2.19. The second-order valence-corrected chi connectivity index (χ2v) is 8.27. The number of rotatable bonds is 8. The Morgan fingerprint density at radius 2 is 1.84 bits per heavy atom. The van der Waals surface area contributed by atoms with E-state index in [1.165, 1.54) is 0 Å². The Hall–Kier alpha value is -3.45. The van der Waals surface area contributed by atoms with Gasteiger partial charge in [0.25, 0.3) is 5.91 Å². The van der Waals surface area contributed by atoms with E-state index in [-0.39, 0.29) is 11.9 Å². The molecule has 1 unspecified atom stereocenters. The van der Waals surface area contributed by atoms with Crippen LogP contribution in [0, 0.1) is 0 Å². The minimum atomic E-state index is -0.237. The van der Waals surface area contributed by atoms with Crippen molar-refractivity contribution in [3.8, 4) is 11.5 Å². The average molecular weight is 448 g/mol. The number of imidazole rings is 1. The van der Waals surface area contributed by atoms with Crippen molar-refractivity contribution in [2.45, 2.75) is 23.9 Å². The number of carbonyl (C=O) groups is 1. The van der Waals surface area contributed by atoms with Gasteiger partial charge in [-0.3, -0.25) is 4.79 Å². The van der Waals surface area contributed by atoms with Gasteiger partial charge < -0.3 is 19.8 Å². The molecule has 4 aromatic rings. The molecule has 0 bridgehead atoms. The zero-order valence-corrected chi connectivity index (χ0v) is 19.0. The van der Waals surface area contributed by atoms with Gasteiger partial charge in [-0.05, 0) is 42.8 Å². The van der Waals surface area contributed by atoms with E-state index in [9.17, 15) is 4.79 Å². The number of fused-ring (bicyclic) bond motifs is 1. The maximum absolute atomic E-state index is 13.1. The van der Waals surface area contributed by atoms with Crippen LogP contribution in [0.3, 0.4) is 0 Å². The summed E-state index contributed by atoms with van der Waals surface area (Å²) >= 11 is 1.58. The van der Waals surface area contributed by atoms with E-state index in [2.05, 4.69) is 15.3 Å². The number of aromatic amines is 1. The fourth-order valence-electron chi connectivity index (χ4n) is 3.54. The highest BCUT2D eigenvalue weighted by molar-refractivity contribution is 7.98. The molecule has 32 heavy (non-hydrogen) atoms. The molecular weight excluding hydrogens is 422 g/mol. The van der Waals surface area contributed by atoms with Crippen molar-refractivity contribution in [1.82, 2.24) is 15.3 Å². The van der Waals surface area contributed by atoms with Crippen molar-refractivity contribution < 1.29 is 14.3 Å². The van der Waals surface area contributed by atoms with Crippen molar-refractivity contribution in [2.24, 2.45) is 0 Å². The molecule has 0 spiro atoms. The SMILES string of the molecule is COc1ccc(C(C)NC(=O)c2ccccc2CSc2nc3ccccc3[nH]2)c(OC)c1. The Morgan fingerprint density at radius 1 is 1.06 bits per heavy atom. The molecule has 0 aliphatic rings. The zero-order chi connectivity index (χ0) is 22.5. The molecule has 1 amide bonds. The number of hydrogen-bond acceptors (Lipinski definition) is 5. The topological polar surface area (TPSA) is 76.2 Å². The van der Waals surface area contributed by atoms with Crippen LogP contribution in [0.2, 0.25) is 0 Å². The summed E-state index contributed by atoms with van der Waals surface area (Å²) in [5.41, 5.74) is 4.42. The number of nitrogens with zero attached hydrogens (tertiary/aromatic N) is 1. The van der Waals surface area contributed by atoms with E-state index in [4.69, 9.17) is 9.47 Å². The summed E-state index contributed by atoms with van der Waals surface area (Å²) < 4.78 is 10.8. The van der Waals surface area contributed by atoms with Gasteiger partial charge in [-0.25, -0.2) is 4.98 Å². The van der Waals surface area contributed by atoms with Crippen LogP contribution in [0.5, 0.6) is 11.5 Å². The lowest BCUT2D eigenvalue weighted by Crippen LogP contribution is -2.27. The van der Waals surface area contributed by atoms with Crippen LogP contribution in [-0.4, -0.2) is 30.1 Å². The fraction of sp³-hybridized carbons (Fsp3) is 0.200. The van der Waals surface area contributed by atoms with Crippen LogP contribution in [0.1, 0.15) is 34.5 Å². The number of H-pyrrole nitrogens is 1. The van der Waals surface area contributed by atoms with E-state index < -0.39 is 0 Å². The molecule has 0 fully saturated rings. The third-order valence-electron chi connectivity index (χ3n) is 5.25. The predicted molar refractivity (Wildman–Crippen MR) is 128 cm³/mol. The molecular formula is C25H25N3O3S. The summed E-state index contributed by atoms with van der Waals surface area (Å²) in [6.45, 7) is 1.94. The maximum atomic E-state index is 13.1. The zero-order valence-electron chi connectivity index (χ0n) is 18.2. The van der Waals surface area contributed by atoms with Gasteiger partial charge in [-0.15, -0.1) is 0 Å². The van der Waals surface area contributed by atoms with Gasteiger partial charge in [0, 0.05) is 22.9 Å². The highest BCUT2D eigenvalue weighted by Crippen LogP contribution is 2.30. The van der Waals surface area contributed by atoms with Gasteiger partial charge in [0.2, 0.25) is 0 Å². The molecule has 164 valence electrons. The lowest BCUT2D eigenvalue weighted by atomic mass is 10.0. The Labute approximate surface area is 191 Å². The van der Waals surface area contributed by atoms with Crippen molar-refractivity contribution in [3.63, 3.8) is 0 Å². The van der Waals surface area contributed by atoms with Gasteiger partial charge in [-0.1, -0.05) is 42.1 Å². The van der Waals surface area contributed by atoms with Crippen molar-refractivity contribution >= 4 is 28.7 Å². The number of benzene rings is 3. The number of aromatic nitrogens is 2. The predicted octanol–water partition coefficient (Wildman–Crippen LogP) is 5.36. The van der Waals surface area contributed by atoms with E-state index in [1.807, 2.05) is 73.7 Å². The Bertz CT molecular complexity index is 1210. The first kappa shape index (κ1) is 21.8. The first-order chi connectivity index (χ1) is 15.6. The van der Waals surface area contributed by atoms with Gasteiger partial charge in [0.1, 0.15) is 11.5 Å². The maximum Gasteiger partial charge on any atom is 0.252 e. The standard InChI is InChI=1S/C25H25N3O3S/c1-16(19-13-12-18(30-2)14-23(19)31-3)26-24(29)20-9-5-4-8-17(20)15-32-25-27-21-10-6-7-11-22(21)28-25/h4-14,16H,15H2,1-3H3,(H,26,29)(H,27,28). The number of methoxy groups -OCH3 is 2. The number of hydrogen-bond donors (Lipinski definition) is 2. The van der Waals surface area contributed by atoms with Gasteiger partial charge in [0.05, 0.1) is 31.3 Å². The summed E-state index contributed by atoms with van der Waals surface area (Å²) in [7, 11) is 3.22. The summed E-state index contributed by atoms with van der Waals surface area (Å²) in [5, 5.41) is 3.92. The van der Waals surface area contributed by atoms with Crippen LogP contribution >= 0.6 is 11.8 Å². The van der Waals surface area contributed by atoms with E-state index >= 15 is 0 Å². The monoisotopic (exact) mass is 447 g/mol. The Balaban J connectivity index is 1.48. The van der Waals surface area contributed by atoms with Crippen molar-refractivity contribution in [3.05, 3.63) is 83.4 Å². The Morgan fingerprint density at radius 3 is 2.62 bits per heavy atom. The minimum Gasteiger partial charge on any atom is -0.497 e. The van der Waals surface area contributed by atoms with Crippen LogP contribution in [0.25, 0.3) is 11.0 Å². The first-order valence-electron chi connectivity index (χ1n) is 10.3. The number of nitrogens with one attached hydrogen (secondary N) is 2. The first-order valence-corrected chi connectivity index (χ1v) is 11.3. The largest absolute Gasteiger partial charge is 0.497 e. The van der Waals surface area contributed by atoms with E-state index in [1.54, 1.807) is 26.0 Å². The number of ether oxygens (including phenoxy) is 2. The molecule has 7 heteroatoms. The van der Waals surface area contributed by atoms with E-state index in [0.29, 0.717) is 22.8 Å². The summed E-state index contributed by atoms with van der Waals surface area (Å²) in [5.74, 6) is 1.88. The normalized spacial score (nSPS) is 11.8. The van der Waals surface area contributed by atoms with Crippen LogP contribution in [-0.2, 0) is 5.75 Å². The molecule has 0 saturated heterocycles. The molecule has 3 aromatic carbocycles. The molecule has 2 N–H and O–H groups in total. The molecule has 0 aliphatic heterocycles. The van der Waals surface area contributed by atoms with Gasteiger partial charge >= 0.3 is 0 Å². The molecule has 1 atom stereocenters. The van der Waals surface area contributed by atoms with Gasteiger partial charge in [-0.2, -0.15) is 0 Å². The fourth-order valence-corrected chi connectivity index (χ4v) is 4.43. The minimum absolute atomic E-state index is 0.129. The van der Waals surface area contributed by atoms with E-state index in [0.717, 1.165) is 27.3 Å². The third-order valence-corrected chi connectivity index (χ3v) is 6.17. The number of thioether (sulfide) groups is 1. The van der Waals surface area contributed by atoms with Crippen LogP contribution < -0.4 is 14.8 Å². The molecule has 0 aliphatic carbocycles. The molecule has 1 heterocycles. The molecule has 0 radical (unpaired) electrons. The van der Waals surface area contributed by atoms with Crippen LogP contribution in [0.4, 0.5) is 0 Å². The molecule has 4 rings (SSSR count). The van der Waals surface area contributed by atoms with Crippen molar-refractivity contribution in [1.29, 1.82) is 0 Å². The highest BCUT2D eigenvalue weighted by Gasteiger charge is 2.18. The van der Waals surface area contributed by atoms with Crippen LogP contribution in [0.15, 0.2) is 71.9 Å².